The molecule has 2 aromatic heterocycles. The lowest BCUT2D eigenvalue weighted by atomic mass is 10.1. The van der Waals surface area contributed by atoms with E-state index in [2.05, 4.69) is 15.0 Å². The average molecular weight is 433 g/mol. The summed E-state index contributed by atoms with van der Waals surface area (Å²) in [6, 6.07) is 17.0. The van der Waals surface area contributed by atoms with Gasteiger partial charge in [-0.25, -0.2) is 23.4 Å². The zero-order valence-electron chi connectivity index (χ0n) is 16.6. The Morgan fingerprint density at radius 2 is 1.84 bits per heavy atom. The molecule has 31 heavy (non-hydrogen) atoms. The number of carbonyl (C=O) groups is 1. The van der Waals surface area contributed by atoms with Gasteiger partial charge < -0.3 is 10.6 Å². The Morgan fingerprint density at radius 3 is 2.58 bits per heavy atom. The summed E-state index contributed by atoms with van der Waals surface area (Å²) in [6.07, 6.45) is 3.85. The number of nitrogens with two attached hydrogens (primary N) is 1. The molecule has 0 spiro atoms. The van der Waals surface area contributed by atoms with Crippen LogP contribution in [0.25, 0.3) is 10.9 Å². The molecule has 0 saturated carbocycles. The van der Waals surface area contributed by atoms with Crippen molar-refractivity contribution in [3.05, 3.63) is 84.4 Å². The van der Waals surface area contributed by atoms with Gasteiger partial charge in [0.05, 0.1) is 22.6 Å². The van der Waals surface area contributed by atoms with E-state index in [4.69, 9.17) is 5.73 Å². The second kappa shape index (κ2) is 8.11. The van der Waals surface area contributed by atoms with E-state index >= 15 is 0 Å². The van der Waals surface area contributed by atoms with E-state index in [-0.39, 0.29) is 22.8 Å². The Labute approximate surface area is 179 Å². The van der Waals surface area contributed by atoms with Crippen molar-refractivity contribution in [3.63, 3.8) is 0 Å². The monoisotopic (exact) mass is 433 g/mol. The number of hydrogen-bond acceptors (Lipinski definition) is 7. The maximum atomic E-state index is 13.4. The first-order chi connectivity index (χ1) is 14.8. The van der Waals surface area contributed by atoms with Crippen molar-refractivity contribution >= 4 is 38.2 Å². The minimum atomic E-state index is -3.58. The largest absolute Gasteiger partial charge is 0.384 e. The van der Waals surface area contributed by atoms with Gasteiger partial charge in [-0.3, -0.25) is 4.79 Å². The molecule has 2 N–H and O–H groups in total. The summed E-state index contributed by atoms with van der Waals surface area (Å²) in [6.45, 7) is 0.113. The first kappa shape index (κ1) is 20.4. The molecule has 0 bridgehead atoms. The van der Waals surface area contributed by atoms with Crippen LogP contribution < -0.4 is 10.6 Å². The van der Waals surface area contributed by atoms with Crippen LogP contribution in [-0.4, -0.2) is 35.5 Å². The van der Waals surface area contributed by atoms with Gasteiger partial charge in [0.15, 0.2) is 9.84 Å². The van der Waals surface area contributed by atoms with Gasteiger partial charge in [-0.15, -0.1) is 0 Å². The number of benzene rings is 2. The van der Waals surface area contributed by atoms with Crippen LogP contribution in [0.15, 0.2) is 78.1 Å². The van der Waals surface area contributed by atoms with Crippen LogP contribution in [0, 0.1) is 0 Å². The van der Waals surface area contributed by atoms with Crippen LogP contribution in [0.5, 0.6) is 0 Å². The Bertz CT molecular complexity index is 1370. The van der Waals surface area contributed by atoms with Crippen LogP contribution in [0.3, 0.4) is 0 Å². The molecule has 9 heteroatoms. The van der Waals surface area contributed by atoms with Crippen molar-refractivity contribution in [2.45, 2.75) is 11.4 Å². The molecule has 0 radical (unpaired) electrons. The number of fused-ring (bicyclic) bond motifs is 1. The zero-order valence-corrected chi connectivity index (χ0v) is 17.5. The summed E-state index contributed by atoms with van der Waals surface area (Å²) >= 11 is 0. The lowest BCUT2D eigenvalue weighted by molar-refractivity contribution is 0.0979. The van der Waals surface area contributed by atoms with Crippen molar-refractivity contribution in [3.8, 4) is 0 Å². The van der Waals surface area contributed by atoms with Crippen molar-refractivity contribution in [2.24, 2.45) is 0 Å². The third-order valence-corrected chi connectivity index (χ3v) is 5.86. The number of nitrogens with zero attached hydrogens (tertiary/aromatic N) is 4. The second-order valence-electron chi connectivity index (χ2n) is 6.99. The van der Waals surface area contributed by atoms with E-state index in [0.29, 0.717) is 11.3 Å². The van der Waals surface area contributed by atoms with E-state index in [1.807, 2.05) is 24.3 Å². The number of amides is 1. The molecule has 0 aliphatic carbocycles. The minimum absolute atomic E-state index is 0.0561. The van der Waals surface area contributed by atoms with Crippen molar-refractivity contribution in [1.82, 2.24) is 15.0 Å². The third-order valence-electron chi connectivity index (χ3n) is 4.72. The number of hydrogen-bond donors (Lipinski definition) is 1. The highest BCUT2D eigenvalue weighted by Crippen LogP contribution is 2.28. The predicted molar refractivity (Wildman–Crippen MR) is 118 cm³/mol. The SMILES string of the molecule is CS(=O)(=O)c1ccccc1N(Cc1ccc2ccc(N)nc2c1)C(=O)c1ccncn1. The van der Waals surface area contributed by atoms with Crippen LogP contribution in [-0.2, 0) is 16.4 Å². The quantitative estimate of drug-likeness (QED) is 0.514. The topological polar surface area (TPSA) is 119 Å². The predicted octanol–water partition coefficient (Wildman–Crippen LogP) is 2.86. The molecule has 0 aliphatic rings. The number of nitrogen functional groups attached to an aromatic ring is 1. The number of aromatic nitrogens is 3. The van der Waals surface area contributed by atoms with E-state index in [1.54, 1.807) is 24.3 Å². The fraction of sp³-hybridized carbons (Fsp3) is 0.0909. The van der Waals surface area contributed by atoms with Gasteiger partial charge in [0.25, 0.3) is 5.91 Å². The standard InChI is InChI=1S/C22H19N5O3S/c1-31(29,30)20-5-3-2-4-19(20)27(22(28)17-10-11-24-14-25-17)13-15-6-7-16-8-9-21(23)26-18(16)12-15/h2-12,14H,13H2,1H3,(H2,23,26). The molecule has 2 heterocycles. The molecule has 0 saturated heterocycles. The summed E-state index contributed by atoms with van der Waals surface area (Å²) in [5, 5.41) is 0.906. The minimum Gasteiger partial charge on any atom is -0.384 e. The van der Waals surface area contributed by atoms with Gasteiger partial charge in [0, 0.05) is 17.8 Å². The molecular weight excluding hydrogens is 414 g/mol. The number of rotatable bonds is 5. The Kier molecular flexibility index (Phi) is 5.35. The highest BCUT2D eigenvalue weighted by Gasteiger charge is 2.25. The summed E-state index contributed by atoms with van der Waals surface area (Å²) < 4.78 is 24.8. The highest BCUT2D eigenvalue weighted by molar-refractivity contribution is 7.90. The Morgan fingerprint density at radius 1 is 1.06 bits per heavy atom. The summed E-state index contributed by atoms with van der Waals surface area (Å²) in [4.78, 5) is 27.0. The zero-order chi connectivity index (χ0) is 22.0. The summed E-state index contributed by atoms with van der Waals surface area (Å²) in [7, 11) is -3.58. The molecule has 2 aromatic carbocycles. The first-order valence-corrected chi connectivity index (χ1v) is 11.2. The van der Waals surface area contributed by atoms with Gasteiger partial charge in [-0.05, 0) is 42.0 Å². The number of anilines is 2. The van der Waals surface area contributed by atoms with Gasteiger partial charge in [-0.1, -0.05) is 24.3 Å². The smallest absolute Gasteiger partial charge is 0.277 e. The Balaban J connectivity index is 1.83. The maximum absolute atomic E-state index is 13.4. The van der Waals surface area contributed by atoms with Gasteiger partial charge >= 0.3 is 0 Å². The fourth-order valence-electron chi connectivity index (χ4n) is 3.27. The molecule has 0 aliphatic heterocycles. The first-order valence-electron chi connectivity index (χ1n) is 9.35. The van der Waals surface area contributed by atoms with Crippen LogP contribution in [0.2, 0.25) is 0 Å². The molecule has 4 aromatic rings. The van der Waals surface area contributed by atoms with E-state index < -0.39 is 15.7 Å². The molecular formula is C22H19N5O3S. The van der Waals surface area contributed by atoms with Crippen LogP contribution in [0.1, 0.15) is 16.1 Å². The summed E-state index contributed by atoms with van der Waals surface area (Å²) in [5.74, 6) is -0.0554. The molecule has 4 rings (SSSR count). The van der Waals surface area contributed by atoms with Crippen molar-refractivity contribution in [2.75, 3.05) is 16.9 Å². The van der Waals surface area contributed by atoms with Crippen LogP contribution in [0.4, 0.5) is 11.5 Å². The van der Waals surface area contributed by atoms with E-state index in [9.17, 15) is 13.2 Å². The Hall–Kier alpha value is -3.85. The van der Waals surface area contributed by atoms with Gasteiger partial charge in [-0.2, -0.15) is 0 Å². The molecule has 0 atom stereocenters. The molecule has 156 valence electrons. The normalized spacial score (nSPS) is 11.4. The second-order valence-corrected chi connectivity index (χ2v) is 8.97. The molecule has 0 unspecified atom stereocenters. The summed E-state index contributed by atoms with van der Waals surface area (Å²) in [5.41, 5.74) is 7.67. The average Bonchev–Trinajstić information content (AvgIpc) is 2.77. The lowest BCUT2D eigenvalue weighted by Gasteiger charge is -2.25. The van der Waals surface area contributed by atoms with Crippen LogP contribution >= 0.6 is 0 Å². The third kappa shape index (κ3) is 4.36. The molecule has 8 nitrogen and oxygen atoms in total. The molecule has 0 fully saturated rings. The maximum Gasteiger partial charge on any atom is 0.277 e. The molecule has 1 amide bonds. The fourth-order valence-corrected chi connectivity index (χ4v) is 4.16. The van der Waals surface area contributed by atoms with E-state index in [1.165, 1.54) is 29.6 Å². The van der Waals surface area contributed by atoms with Gasteiger partial charge in [0.1, 0.15) is 17.8 Å². The lowest BCUT2D eigenvalue weighted by Crippen LogP contribution is -2.32. The van der Waals surface area contributed by atoms with Gasteiger partial charge in [0.2, 0.25) is 0 Å². The highest BCUT2D eigenvalue weighted by atomic mass is 32.2. The number of pyridine rings is 1. The number of sulfone groups is 1. The number of para-hydroxylation sites is 1. The van der Waals surface area contributed by atoms with Crippen molar-refractivity contribution in [1.29, 1.82) is 0 Å². The number of carbonyl (C=O) groups excluding carboxylic acids is 1. The van der Waals surface area contributed by atoms with Crippen molar-refractivity contribution < 1.29 is 13.2 Å². The van der Waals surface area contributed by atoms with E-state index in [0.717, 1.165) is 17.2 Å².